The number of nitro groups is 1. The summed E-state index contributed by atoms with van der Waals surface area (Å²) in [6, 6.07) is -0.263. The fourth-order valence-corrected chi connectivity index (χ4v) is 1.71. The molecule has 0 spiro atoms. The van der Waals surface area contributed by atoms with Gasteiger partial charge in [0, 0.05) is 17.8 Å². The number of rotatable bonds is 1. The fourth-order valence-electron chi connectivity index (χ4n) is 1.71. The summed E-state index contributed by atoms with van der Waals surface area (Å²) in [6.45, 7) is 4.29. The molecule has 0 bridgehead atoms. The summed E-state index contributed by atoms with van der Waals surface area (Å²) in [5, 5.41) is 10.4. The summed E-state index contributed by atoms with van der Waals surface area (Å²) in [4.78, 5) is 10.3. The highest BCUT2D eigenvalue weighted by Gasteiger charge is 2.31. The second-order valence-corrected chi connectivity index (χ2v) is 3.71. The average molecular weight is 157 g/mol. The first kappa shape index (κ1) is 8.50. The van der Waals surface area contributed by atoms with E-state index in [-0.39, 0.29) is 11.0 Å². The molecule has 3 unspecified atom stereocenters. The molecule has 3 atom stereocenters. The zero-order valence-corrected chi connectivity index (χ0v) is 7.12. The van der Waals surface area contributed by atoms with E-state index in [1.54, 1.807) is 0 Å². The van der Waals surface area contributed by atoms with Crippen molar-refractivity contribution in [2.45, 2.75) is 39.2 Å². The molecule has 1 aliphatic rings. The standard InChI is InChI=1S/C8H15NO2/c1-6-3-4-8(9(10)11)5-7(6)2/h6-8H,3-5H2,1-2H3. The number of hydrogen-bond donors (Lipinski definition) is 0. The topological polar surface area (TPSA) is 43.1 Å². The molecule has 64 valence electrons. The molecule has 0 amide bonds. The van der Waals surface area contributed by atoms with Crippen LogP contribution in [0.5, 0.6) is 0 Å². The minimum absolute atomic E-state index is 0.123. The molecule has 0 radical (unpaired) electrons. The van der Waals surface area contributed by atoms with E-state index in [4.69, 9.17) is 0 Å². The molecule has 0 aromatic carbocycles. The Balaban J connectivity index is 2.46. The number of hydrogen-bond acceptors (Lipinski definition) is 2. The van der Waals surface area contributed by atoms with Crippen LogP contribution < -0.4 is 0 Å². The van der Waals surface area contributed by atoms with Crippen molar-refractivity contribution in [1.29, 1.82) is 0 Å². The van der Waals surface area contributed by atoms with Gasteiger partial charge in [0.25, 0.3) is 0 Å². The molecule has 0 saturated heterocycles. The highest BCUT2D eigenvalue weighted by atomic mass is 16.6. The zero-order valence-electron chi connectivity index (χ0n) is 7.12. The van der Waals surface area contributed by atoms with Crippen LogP contribution in [-0.4, -0.2) is 11.0 Å². The summed E-state index contributed by atoms with van der Waals surface area (Å²) in [5.74, 6) is 1.20. The minimum Gasteiger partial charge on any atom is -0.264 e. The maximum Gasteiger partial charge on any atom is 0.213 e. The molecule has 3 heteroatoms. The van der Waals surface area contributed by atoms with Gasteiger partial charge in [0.05, 0.1) is 0 Å². The third kappa shape index (κ3) is 1.91. The van der Waals surface area contributed by atoms with Crippen molar-refractivity contribution in [1.82, 2.24) is 0 Å². The second kappa shape index (κ2) is 3.20. The van der Waals surface area contributed by atoms with Crippen LogP contribution in [0.4, 0.5) is 0 Å². The first-order valence-corrected chi connectivity index (χ1v) is 4.24. The van der Waals surface area contributed by atoms with Gasteiger partial charge < -0.3 is 0 Å². The van der Waals surface area contributed by atoms with E-state index < -0.39 is 0 Å². The molecular formula is C8H15NO2. The minimum atomic E-state index is -0.263. The first-order chi connectivity index (χ1) is 5.11. The van der Waals surface area contributed by atoms with E-state index in [9.17, 15) is 10.1 Å². The Morgan fingerprint density at radius 2 is 1.91 bits per heavy atom. The zero-order chi connectivity index (χ0) is 8.43. The van der Waals surface area contributed by atoms with Gasteiger partial charge >= 0.3 is 0 Å². The summed E-state index contributed by atoms with van der Waals surface area (Å²) >= 11 is 0. The smallest absolute Gasteiger partial charge is 0.213 e. The third-order valence-electron chi connectivity index (χ3n) is 2.87. The summed E-state index contributed by atoms with van der Waals surface area (Å²) < 4.78 is 0. The molecule has 1 saturated carbocycles. The molecule has 0 N–H and O–H groups in total. The van der Waals surface area contributed by atoms with Crippen molar-refractivity contribution >= 4 is 0 Å². The van der Waals surface area contributed by atoms with Crippen LogP contribution in [0.25, 0.3) is 0 Å². The van der Waals surface area contributed by atoms with Gasteiger partial charge in [0.15, 0.2) is 0 Å². The van der Waals surface area contributed by atoms with Crippen molar-refractivity contribution in [2.75, 3.05) is 0 Å². The molecular weight excluding hydrogens is 142 g/mol. The average Bonchev–Trinajstić information content (AvgIpc) is 1.94. The molecule has 3 nitrogen and oxygen atoms in total. The van der Waals surface area contributed by atoms with E-state index in [0.29, 0.717) is 11.8 Å². The lowest BCUT2D eigenvalue weighted by Crippen LogP contribution is -2.30. The Morgan fingerprint density at radius 3 is 2.36 bits per heavy atom. The molecule has 1 aliphatic carbocycles. The largest absolute Gasteiger partial charge is 0.264 e. The van der Waals surface area contributed by atoms with Gasteiger partial charge in [-0.05, 0) is 18.3 Å². The van der Waals surface area contributed by atoms with E-state index in [1.807, 2.05) is 0 Å². The van der Waals surface area contributed by atoms with Crippen LogP contribution in [-0.2, 0) is 0 Å². The Labute approximate surface area is 66.9 Å². The molecule has 1 rings (SSSR count). The van der Waals surface area contributed by atoms with Crippen LogP contribution in [0.2, 0.25) is 0 Å². The Hall–Kier alpha value is -0.600. The van der Waals surface area contributed by atoms with Crippen LogP contribution >= 0.6 is 0 Å². The molecule has 11 heavy (non-hydrogen) atoms. The number of nitrogens with zero attached hydrogens (tertiary/aromatic N) is 1. The molecule has 0 heterocycles. The Morgan fingerprint density at radius 1 is 1.27 bits per heavy atom. The van der Waals surface area contributed by atoms with Crippen LogP contribution in [0.3, 0.4) is 0 Å². The maximum atomic E-state index is 10.4. The highest BCUT2D eigenvalue weighted by molar-refractivity contribution is 4.74. The van der Waals surface area contributed by atoms with Crippen molar-refractivity contribution in [3.05, 3.63) is 10.1 Å². The van der Waals surface area contributed by atoms with Crippen molar-refractivity contribution in [3.63, 3.8) is 0 Å². The van der Waals surface area contributed by atoms with Crippen molar-refractivity contribution in [3.8, 4) is 0 Å². The molecule has 0 aromatic heterocycles. The van der Waals surface area contributed by atoms with Crippen molar-refractivity contribution in [2.24, 2.45) is 11.8 Å². The summed E-state index contributed by atoms with van der Waals surface area (Å²) in [7, 11) is 0. The molecule has 0 aliphatic heterocycles. The van der Waals surface area contributed by atoms with E-state index in [1.165, 1.54) is 0 Å². The summed E-state index contributed by atoms with van der Waals surface area (Å²) in [6.07, 6.45) is 2.57. The highest BCUT2D eigenvalue weighted by Crippen LogP contribution is 2.30. The van der Waals surface area contributed by atoms with Crippen LogP contribution in [0, 0.1) is 22.0 Å². The van der Waals surface area contributed by atoms with Gasteiger partial charge in [0.2, 0.25) is 6.04 Å². The van der Waals surface area contributed by atoms with Gasteiger partial charge in [-0.1, -0.05) is 13.8 Å². The summed E-state index contributed by atoms with van der Waals surface area (Å²) in [5.41, 5.74) is 0. The second-order valence-electron chi connectivity index (χ2n) is 3.71. The normalized spacial score (nSPS) is 38.5. The quantitative estimate of drug-likeness (QED) is 0.432. The predicted molar refractivity (Wildman–Crippen MR) is 43.0 cm³/mol. The van der Waals surface area contributed by atoms with Gasteiger partial charge in [0.1, 0.15) is 0 Å². The predicted octanol–water partition coefficient (Wildman–Crippen LogP) is 2.09. The maximum absolute atomic E-state index is 10.4. The van der Waals surface area contributed by atoms with Gasteiger partial charge in [-0.25, -0.2) is 0 Å². The van der Waals surface area contributed by atoms with Gasteiger partial charge in [-0.3, -0.25) is 10.1 Å². The lowest BCUT2D eigenvalue weighted by molar-refractivity contribution is -0.528. The fraction of sp³-hybridized carbons (Fsp3) is 1.00. The SMILES string of the molecule is CC1CCC([N+](=O)[O-])CC1C. The monoisotopic (exact) mass is 157 g/mol. The Kier molecular flexibility index (Phi) is 2.47. The Bertz CT molecular complexity index is 158. The van der Waals surface area contributed by atoms with Crippen LogP contribution in [0.15, 0.2) is 0 Å². The van der Waals surface area contributed by atoms with Crippen molar-refractivity contribution < 1.29 is 4.92 Å². The van der Waals surface area contributed by atoms with E-state index in [0.717, 1.165) is 19.3 Å². The molecule has 0 aromatic rings. The van der Waals surface area contributed by atoms with E-state index in [2.05, 4.69) is 13.8 Å². The lowest BCUT2D eigenvalue weighted by Gasteiger charge is -2.27. The third-order valence-corrected chi connectivity index (χ3v) is 2.87. The lowest BCUT2D eigenvalue weighted by atomic mass is 9.79. The van der Waals surface area contributed by atoms with Crippen LogP contribution in [0.1, 0.15) is 33.1 Å². The van der Waals surface area contributed by atoms with Gasteiger partial charge in [-0.15, -0.1) is 0 Å². The molecule has 1 fully saturated rings. The van der Waals surface area contributed by atoms with Gasteiger partial charge in [-0.2, -0.15) is 0 Å². The first-order valence-electron chi connectivity index (χ1n) is 4.24. The van der Waals surface area contributed by atoms with E-state index >= 15 is 0 Å².